The maximum atomic E-state index is 6.53. The highest BCUT2D eigenvalue weighted by Gasteiger charge is 2.35. The second-order valence-corrected chi connectivity index (χ2v) is 8.66. The Balaban J connectivity index is 1.99. The molecule has 3 aromatic rings. The molecule has 0 fully saturated rings. The Bertz CT molecular complexity index is 954. The summed E-state index contributed by atoms with van der Waals surface area (Å²) in [4.78, 5) is 0. The fourth-order valence-corrected chi connectivity index (χ4v) is 4.30. The molecule has 128 valence electrons. The van der Waals surface area contributed by atoms with Gasteiger partial charge in [-0.2, -0.15) is 0 Å². The Morgan fingerprint density at radius 2 is 1.60 bits per heavy atom. The Hall–Kier alpha value is -1.64. The van der Waals surface area contributed by atoms with Gasteiger partial charge < -0.3 is 4.74 Å². The van der Waals surface area contributed by atoms with Gasteiger partial charge in [-0.25, -0.2) is 0 Å². The fraction of sp³-hybridized carbons (Fsp3) is 0.304. The Morgan fingerprint density at radius 1 is 0.920 bits per heavy atom. The summed E-state index contributed by atoms with van der Waals surface area (Å²) >= 11 is 3.53. The number of hydrogen-bond donors (Lipinski definition) is 0. The molecule has 3 aromatic carbocycles. The van der Waals surface area contributed by atoms with Crippen LogP contribution < -0.4 is 0 Å². The molecule has 1 aliphatic heterocycles. The summed E-state index contributed by atoms with van der Waals surface area (Å²) in [6.07, 6.45) is 0.924. The van der Waals surface area contributed by atoms with E-state index < -0.39 is 0 Å². The third kappa shape index (κ3) is 2.92. The van der Waals surface area contributed by atoms with Gasteiger partial charge in [0.1, 0.15) is 6.10 Å². The molecule has 0 saturated carbocycles. The highest BCUT2D eigenvalue weighted by atomic mass is 79.9. The van der Waals surface area contributed by atoms with Crippen molar-refractivity contribution >= 4 is 26.7 Å². The predicted molar refractivity (Wildman–Crippen MR) is 108 cm³/mol. The van der Waals surface area contributed by atoms with Crippen LogP contribution in [0.1, 0.15) is 47.8 Å². The van der Waals surface area contributed by atoms with Crippen LogP contribution in [0.3, 0.4) is 0 Å². The summed E-state index contributed by atoms with van der Waals surface area (Å²) in [6.45, 7) is 8.82. The van der Waals surface area contributed by atoms with Crippen LogP contribution in [0.5, 0.6) is 0 Å². The quantitative estimate of drug-likeness (QED) is 0.448. The topological polar surface area (TPSA) is 9.23 Å². The highest BCUT2D eigenvalue weighted by molar-refractivity contribution is 9.10. The van der Waals surface area contributed by atoms with Gasteiger partial charge in [0.05, 0.1) is 5.60 Å². The van der Waals surface area contributed by atoms with Gasteiger partial charge in [0.15, 0.2) is 0 Å². The molecule has 1 heterocycles. The summed E-state index contributed by atoms with van der Waals surface area (Å²) in [5, 5.41) is 2.78. The Labute approximate surface area is 158 Å². The van der Waals surface area contributed by atoms with Gasteiger partial charge in [-0.1, -0.05) is 52.3 Å². The van der Waals surface area contributed by atoms with Crippen LogP contribution in [0.4, 0.5) is 0 Å². The first-order chi connectivity index (χ1) is 11.9. The smallest absolute Gasteiger partial charge is 0.109 e. The van der Waals surface area contributed by atoms with E-state index in [9.17, 15) is 0 Å². The molecule has 0 amide bonds. The summed E-state index contributed by atoms with van der Waals surface area (Å²) < 4.78 is 7.62. The van der Waals surface area contributed by atoms with Gasteiger partial charge in [0.25, 0.3) is 0 Å². The number of ether oxygens (including phenoxy) is 1. The van der Waals surface area contributed by atoms with Crippen molar-refractivity contribution in [1.82, 2.24) is 0 Å². The third-order valence-electron chi connectivity index (χ3n) is 5.25. The second-order valence-electron chi connectivity index (χ2n) is 7.74. The van der Waals surface area contributed by atoms with Crippen molar-refractivity contribution in [2.24, 2.45) is 0 Å². The van der Waals surface area contributed by atoms with Crippen molar-refractivity contribution in [2.75, 3.05) is 0 Å². The van der Waals surface area contributed by atoms with Crippen LogP contribution in [0.15, 0.2) is 53.0 Å². The van der Waals surface area contributed by atoms with Crippen LogP contribution in [0, 0.1) is 13.8 Å². The standard InChI is InChI=1S/C23H23BrO/c1-14-5-6-15(2)21-18(14)11-12-19-20(21)13-23(3,4)25-22(19)16-7-9-17(24)10-8-16/h5-12,22H,13H2,1-4H3/t22-/m0/s1. The second kappa shape index (κ2) is 5.96. The van der Waals surface area contributed by atoms with Crippen molar-refractivity contribution in [3.05, 3.63) is 80.8 Å². The van der Waals surface area contributed by atoms with E-state index in [2.05, 4.69) is 92.2 Å². The maximum Gasteiger partial charge on any atom is 0.109 e. The van der Waals surface area contributed by atoms with Crippen LogP contribution in [-0.2, 0) is 11.2 Å². The van der Waals surface area contributed by atoms with Crippen molar-refractivity contribution in [2.45, 2.75) is 45.8 Å². The predicted octanol–water partition coefficient (Wildman–Crippen LogP) is 6.66. The van der Waals surface area contributed by atoms with E-state index in [0.29, 0.717) is 0 Å². The van der Waals surface area contributed by atoms with E-state index >= 15 is 0 Å². The molecule has 0 unspecified atom stereocenters. The van der Waals surface area contributed by atoms with Gasteiger partial charge in [-0.15, -0.1) is 0 Å². The van der Waals surface area contributed by atoms with E-state index in [0.717, 1.165) is 10.9 Å². The molecule has 2 heteroatoms. The molecule has 0 aromatic heterocycles. The average Bonchev–Trinajstić information content (AvgIpc) is 2.57. The molecule has 0 N–H and O–H groups in total. The normalized spacial score (nSPS) is 19.0. The number of fused-ring (bicyclic) bond motifs is 3. The molecule has 0 saturated heterocycles. The minimum absolute atomic E-state index is 0.0174. The monoisotopic (exact) mass is 394 g/mol. The number of halogens is 1. The minimum Gasteiger partial charge on any atom is -0.363 e. The zero-order valence-corrected chi connectivity index (χ0v) is 16.8. The van der Waals surface area contributed by atoms with Crippen LogP contribution in [0.2, 0.25) is 0 Å². The molecule has 0 spiro atoms. The molecule has 1 nitrogen and oxygen atoms in total. The van der Waals surface area contributed by atoms with Crippen molar-refractivity contribution in [1.29, 1.82) is 0 Å². The van der Waals surface area contributed by atoms with E-state index in [1.165, 1.54) is 38.6 Å². The van der Waals surface area contributed by atoms with Gasteiger partial charge in [0, 0.05) is 10.9 Å². The van der Waals surface area contributed by atoms with E-state index in [-0.39, 0.29) is 11.7 Å². The zero-order chi connectivity index (χ0) is 17.8. The number of benzene rings is 3. The lowest BCUT2D eigenvalue weighted by Gasteiger charge is -2.39. The number of aryl methyl sites for hydroxylation is 2. The molecular weight excluding hydrogens is 372 g/mol. The molecule has 4 rings (SSSR count). The first-order valence-corrected chi connectivity index (χ1v) is 9.60. The fourth-order valence-electron chi connectivity index (χ4n) is 4.04. The summed E-state index contributed by atoms with van der Waals surface area (Å²) in [7, 11) is 0. The van der Waals surface area contributed by atoms with Gasteiger partial charge in [-0.05, 0) is 78.4 Å². The van der Waals surface area contributed by atoms with Crippen molar-refractivity contribution in [3.8, 4) is 0 Å². The van der Waals surface area contributed by atoms with Crippen molar-refractivity contribution < 1.29 is 4.74 Å². The van der Waals surface area contributed by atoms with Crippen LogP contribution >= 0.6 is 15.9 Å². The van der Waals surface area contributed by atoms with Gasteiger partial charge in [-0.3, -0.25) is 0 Å². The minimum atomic E-state index is -0.185. The first-order valence-electron chi connectivity index (χ1n) is 8.81. The summed E-state index contributed by atoms with van der Waals surface area (Å²) in [6, 6.07) is 17.5. The SMILES string of the molecule is Cc1ccc(C)c2c3c(ccc12)[C@H](c1ccc(Br)cc1)OC(C)(C)C3. The average molecular weight is 395 g/mol. The summed E-state index contributed by atoms with van der Waals surface area (Å²) in [5.41, 5.74) is 6.47. The zero-order valence-electron chi connectivity index (χ0n) is 15.2. The number of rotatable bonds is 1. The highest BCUT2D eigenvalue weighted by Crippen LogP contribution is 2.43. The van der Waals surface area contributed by atoms with Crippen LogP contribution in [0.25, 0.3) is 10.8 Å². The molecule has 0 bridgehead atoms. The van der Waals surface area contributed by atoms with Crippen LogP contribution in [-0.4, -0.2) is 5.60 Å². The Morgan fingerprint density at radius 3 is 2.32 bits per heavy atom. The summed E-state index contributed by atoms with van der Waals surface area (Å²) in [5.74, 6) is 0. The lowest BCUT2D eigenvalue weighted by atomic mass is 9.81. The molecule has 0 aliphatic carbocycles. The first kappa shape index (κ1) is 16.8. The largest absolute Gasteiger partial charge is 0.363 e. The van der Waals surface area contributed by atoms with Crippen molar-refractivity contribution in [3.63, 3.8) is 0 Å². The molecule has 25 heavy (non-hydrogen) atoms. The lowest BCUT2D eigenvalue weighted by Crippen LogP contribution is -2.35. The van der Waals surface area contributed by atoms with Gasteiger partial charge in [0.2, 0.25) is 0 Å². The molecule has 0 radical (unpaired) electrons. The Kier molecular flexibility index (Phi) is 4.01. The van der Waals surface area contributed by atoms with E-state index in [1.807, 2.05) is 0 Å². The molecule has 1 aliphatic rings. The van der Waals surface area contributed by atoms with E-state index in [4.69, 9.17) is 4.74 Å². The molecule has 1 atom stereocenters. The van der Waals surface area contributed by atoms with E-state index in [1.54, 1.807) is 0 Å². The third-order valence-corrected chi connectivity index (χ3v) is 5.77. The maximum absolute atomic E-state index is 6.53. The number of hydrogen-bond acceptors (Lipinski definition) is 1. The molecular formula is C23H23BrO. The van der Waals surface area contributed by atoms with Gasteiger partial charge >= 0.3 is 0 Å². The lowest BCUT2D eigenvalue weighted by molar-refractivity contribution is -0.0664.